The third-order valence-corrected chi connectivity index (χ3v) is 3.43. The first-order valence-electron chi connectivity index (χ1n) is 7.89. The summed E-state index contributed by atoms with van der Waals surface area (Å²) in [6.45, 7) is 1.69. The number of nitrogens with one attached hydrogen (secondary N) is 1. The molecule has 0 aliphatic heterocycles. The third kappa shape index (κ3) is 7.50. The van der Waals surface area contributed by atoms with E-state index in [9.17, 15) is 32.9 Å². The van der Waals surface area contributed by atoms with Crippen molar-refractivity contribution >= 4 is 17.6 Å². The number of carboxylic acid groups (broad SMARTS) is 1. The lowest BCUT2D eigenvalue weighted by Gasteiger charge is -2.16. The van der Waals surface area contributed by atoms with Gasteiger partial charge in [-0.1, -0.05) is 13.8 Å². The third-order valence-electron chi connectivity index (χ3n) is 3.43. The minimum absolute atomic E-state index is 0.0384. The second kappa shape index (κ2) is 9.19. The van der Waals surface area contributed by atoms with Crippen LogP contribution in [0.25, 0.3) is 0 Å². The molecule has 0 saturated heterocycles. The van der Waals surface area contributed by atoms with Gasteiger partial charge in [-0.05, 0) is 24.5 Å². The largest absolute Gasteiger partial charge is 0.484 e. The number of ether oxygens (including phenoxy) is 1. The van der Waals surface area contributed by atoms with Gasteiger partial charge in [-0.25, -0.2) is 0 Å². The van der Waals surface area contributed by atoms with Gasteiger partial charge in [-0.3, -0.25) is 19.7 Å². The van der Waals surface area contributed by atoms with E-state index in [0.717, 1.165) is 18.2 Å². The lowest BCUT2D eigenvalue weighted by atomic mass is 9.97. The number of carboxylic acids is 1. The number of hydrogen-bond donors (Lipinski definition) is 2. The molecule has 1 rings (SSSR count). The van der Waals surface area contributed by atoms with Gasteiger partial charge in [0.05, 0.1) is 10.8 Å². The number of nitrogens with zero attached hydrogens (tertiary/aromatic N) is 1. The lowest BCUT2D eigenvalue weighted by Crippen LogP contribution is -2.34. The number of carbonyl (C=O) groups is 2. The molecule has 0 saturated carbocycles. The van der Waals surface area contributed by atoms with E-state index in [0.29, 0.717) is 0 Å². The van der Waals surface area contributed by atoms with Crippen LogP contribution in [0.1, 0.15) is 30.6 Å². The highest BCUT2D eigenvalue weighted by atomic mass is 19.4. The van der Waals surface area contributed by atoms with Crippen LogP contribution < -0.4 is 10.1 Å². The molecular weight excluding hydrogens is 373 g/mol. The zero-order valence-corrected chi connectivity index (χ0v) is 14.6. The van der Waals surface area contributed by atoms with Crippen LogP contribution in [0.15, 0.2) is 18.2 Å². The number of nitro groups is 1. The Morgan fingerprint density at radius 1 is 1.33 bits per heavy atom. The van der Waals surface area contributed by atoms with Gasteiger partial charge in [0, 0.05) is 12.6 Å². The summed E-state index contributed by atoms with van der Waals surface area (Å²) >= 11 is 0. The summed E-state index contributed by atoms with van der Waals surface area (Å²) in [5.74, 6) is -3.36. The van der Waals surface area contributed by atoms with E-state index in [1.165, 1.54) is 0 Å². The number of alkyl halides is 3. The number of carbonyl (C=O) groups excluding carboxylic acids is 1. The van der Waals surface area contributed by atoms with Gasteiger partial charge < -0.3 is 15.2 Å². The molecule has 150 valence electrons. The van der Waals surface area contributed by atoms with Crippen molar-refractivity contribution in [2.45, 2.75) is 26.4 Å². The summed E-state index contributed by atoms with van der Waals surface area (Å²) in [7, 11) is 0. The van der Waals surface area contributed by atoms with Crippen LogP contribution in [0.3, 0.4) is 0 Å². The quantitative estimate of drug-likeness (QED) is 0.493. The maximum Gasteiger partial charge on any atom is 0.422 e. The second-order valence-electron chi connectivity index (χ2n) is 6.21. The summed E-state index contributed by atoms with van der Waals surface area (Å²) in [5.41, 5.74) is -1.16. The van der Waals surface area contributed by atoms with Crippen molar-refractivity contribution < 1.29 is 37.5 Å². The van der Waals surface area contributed by atoms with E-state index in [-0.39, 0.29) is 24.6 Å². The molecule has 0 fully saturated rings. The van der Waals surface area contributed by atoms with E-state index in [4.69, 9.17) is 5.11 Å². The Bertz CT molecular complexity index is 706. The molecule has 1 aromatic rings. The molecule has 0 spiro atoms. The fraction of sp³-hybridized carbons (Fsp3) is 0.500. The first-order valence-corrected chi connectivity index (χ1v) is 7.89. The van der Waals surface area contributed by atoms with E-state index in [1.54, 1.807) is 13.8 Å². The van der Waals surface area contributed by atoms with Gasteiger partial charge in [0.2, 0.25) is 0 Å². The number of halogens is 3. The average Bonchev–Trinajstić information content (AvgIpc) is 2.54. The number of amides is 1. The molecule has 0 bridgehead atoms. The van der Waals surface area contributed by atoms with Crippen LogP contribution in [0.4, 0.5) is 18.9 Å². The highest BCUT2D eigenvalue weighted by molar-refractivity contribution is 5.98. The summed E-state index contributed by atoms with van der Waals surface area (Å²) < 4.78 is 41.2. The van der Waals surface area contributed by atoms with Crippen LogP contribution in [-0.2, 0) is 4.79 Å². The number of hydrogen-bond acceptors (Lipinski definition) is 5. The molecule has 1 atom stereocenters. The lowest BCUT2D eigenvalue weighted by molar-refractivity contribution is -0.385. The highest BCUT2D eigenvalue weighted by Crippen LogP contribution is 2.26. The van der Waals surface area contributed by atoms with Crippen molar-refractivity contribution in [1.29, 1.82) is 0 Å². The van der Waals surface area contributed by atoms with Gasteiger partial charge in [0.25, 0.3) is 11.6 Å². The molecule has 0 aromatic heterocycles. The summed E-state index contributed by atoms with van der Waals surface area (Å²) in [4.78, 5) is 33.6. The molecule has 27 heavy (non-hydrogen) atoms. The van der Waals surface area contributed by atoms with Crippen molar-refractivity contribution in [3.05, 3.63) is 33.9 Å². The van der Waals surface area contributed by atoms with Crippen molar-refractivity contribution in [2.24, 2.45) is 11.8 Å². The van der Waals surface area contributed by atoms with Gasteiger partial charge in [0.15, 0.2) is 6.61 Å². The molecule has 8 nitrogen and oxygen atoms in total. The Balaban J connectivity index is 2.98. The van der Waals surface area contributed by atoms with E-state index >= 15 is 0 Å². The summed E-state index contributed by atoms with van der Waals surface area (Å²) in [6, 6.07) is 2.61. The van der Waals surface area contributed by atoms with Crippen molar-refractivity contribution in [1.82, 2.24) is 5.32 Å². The molecule has 1 amide bonds. The Kier molecular flexibility index (Phi) is 7.56. The van der Waals surface area contributed by atoms with E-state index in [2.05, 4.69) is 10.1 Å². The fourth-order valence-corrected chi connectivity index (χ4v) is 2.26. The van der Waals surface area contributed by atoms with Gasteiger partial charge in [0.1, 0.15) is 11.3 Å². The normalized spacial score (nSPS) is 12.5. The topological polar surface area (TPSA) is 119 Å². The predicted molar refractivity (Wildman–Crippen MR) is 87.6 cm³/mol. The number of benzene rings is 1. The smallest absolute Gasteiger partial charge is 0.422 e. The predicted octanol–water partition coefficient (Wildman–Crippen LogP) is 3.01. The Morgan fingerprint density at radius 2 is 1.96 bits per heavy atom. The number of aliphatic carboxylic acids is 1. The van der Waals surface area contributed by atoms with Gasteiger partial charge in [-0.15, -0.1) is 0 Å². The van der Waals surface area contributed by atoms with Crippen LogP contribution in [0, 0.1) is 22.0 Å². The van der Waals surface area contributed by atoms with Crippen LogP contribution in [-0.4, -0.2) is 41.2 Å². The molecule has 2 N–H and O–H groups in total. The zero-order valence-electron chi connectivity index (χ0n) is 14.6. The molecule has 0 radical (unpaired) electrons. The molecule has 0 aliphatic rings. The first kappa shape index (κ1) is 22.2. The number of rotatable bonds is 9. The summed E-state index contributed by atoms with van der Waals surface area (Å²) in [6.07, 6.45) is -4.35. The number of nitro benzene ring substituents is 1. The Labute approximate surface area is 152 Å². The minimum atomic E-state index is -4.62. The van der Waals surface area contributed by atoms with Crippen molar-refractivity contribution in [3.63, 3.8) is 0 Å². The molecule has 1 unspecified atom stereocenters. The maximum absolute atomic E-state index is 12.2. The standard InChI is InChI=1S/C16H19F3N2O6/c1-9(2)5-10(15(23)24)7-20-14(22)12-6-11(27-8-16(17,18)19)3-4-13(12)21(25)26/h3-4,6,9-10H,5,7-8H2,1-2H3,(H,20,22)(H,23,24). The average molecular weight is 392 g/mol. The van der Waals surface area contributed by atoms with E-state index in [1.807, 2.05) is 0 Å². The van der Waals surface area contributed by atoms with Crippen LogP contribution in [0.2, 0.25) is 0 Å². The molecule has 0 aliphatic carbocycles. The van der Waals surface area contributed by atoms with Crippen molar-refractivity contribution in [3.8, 4) is 5.75 Å². The van der Waals surface area contributed by atoms with E-state index < -0.39 is 46.8 Å². The van der Waals surface area contributed by atoms with Crippen LogP contribution in [0.5, 0.6) is 5.75 Å². The Hall–Kier alpha value is -2.85. The Morgan fingerprint density at radius 3 is 2.44 bits per heavy atom. The monoisotopic (exact) mass is 392 g/mol. The van der Waals surface area contributed by atoms with Gasteiger partial charge in [-0.2, -0.15) is 13.2 Å². The van der Waals surface area contributed by atoms with Crippen LogP contribution >= 0.6 is 0 Å². The van der Waals surface area contributed by atoms with Crippen molar-refractivity contribution in [2.75, 3.05) is 13.2 Å². The second-order valence-corrected chi connectivity index (χ2v) is 6.21. The maximum atomic E-state index is 12.2. The minimum Gasteiger partial charge on any atom is -0.484 e. The highest BCUT2D eigenvalue weighted by Gasteiger charge is 2.29. The molecular formula is C16H19F3N2O6. The molecule has 11 heteroatoms. The first-order chi connectivity index (χ1) is 12.4. The fourth-order valence-electron chi connectivity index (χ4n) is 2.26. The molecule has 0 heterocycles. The summed E-state index contributed by atoms with van der Waals surface area (Å²) in [5, 5.41) is 22.5. The van der Waals surface area contributed by atoms with Gasteiger partial charge >= 0.3 is 12.1 Å². The SMILES string of the molecule is CC(C)CC(CNC(=O)c1cc(OCC(F)(F)F)ccc1[N+](=O)[O-])C(=O)O. The molecule has 1 aromatic carbocycles. The zero-order chi connectivity index (χ0) is 20.8.